The van der Waals surface area contributed by atoms with Gasteiger partial charge in [0.25, 0.3) is 0 Å². The highest BCUT2D eigenvalue weighted by Gasteiger charge is 2.20. The molecule has 190 valence electrons. The maximum Gasteiger partial charge on any atom is 0.412 e. The van der Waals surface area contributed by atoms with Crippen LogP contribution in [0.4, 0.5) is 10.5 Å². The van der Waals surface area contributed by atoms with E-state index in [-0.39, 0.29) is 12.4 Å². The van der Waals surface area contributed by atoms with Crippen LogP contribution < -0.4 is 5.32 Å². The van der Waals surface area contributed by atoms with Gasteiger partial charge in [0, 0.05) is 16.1 Å². The molecule has 0 radical (unpaired) electrons. The van der Waals surface area contributed by atoms with Gasteiger partial charge in [0.15, 0.2) is 5.76 Å². The predicted octanol–water partition coefficient (Wildman–Crippen LogP) is 6.92. The van der Waals surface area contributed by atoms with Crippen LogP contribution in [0, 0.1) is 6.92 Å². The van der Waals surface area contributed by atoms with Gasteiger partial charge in [-0.1, -0.05) is 83.5 Å². The number of benzene rings is 3. The monoisotopic (exact) mass is 518 g/mol. The van der Waals surface area contributed by atoms with E-state index in [0.717, 1.165) is 22.3 Å². The van der Waals surface area contributed by atoms with E-state index >= 15 is 0 Å². The Balaban J connectivity index is 1.44. The summed E-state index contributed by atoms with van der Waals surface area (Å²) in [5, 5.41) is 7.31. The van der Waals surface area contributed by atoms with Crippen LogP contribution >= 0.6 is 11.6 Å². The number of nitrogens with zero attached hydrogens (tertiary/aromatic N) is 1. The lowest BCUT2D eigenvalue weighted by molar-refractivity contribution is -0.139. The van der Waals surface area contributed by atoms with E-state index in [2.05, 4.69) is 10.5 Å². The number of halogens is 1. The summed E-state index contributed by atoms with van der Waals surface area (Å²) < 4.78 is 15.8. The zero-order chi connectivity index (χ0) is 26.4. The summed E-state index contributed by atoms with van der Waals surface area (Å²) in [5.74, 6) is 0.168. The maximum atomic E-state index is 12.6. The van der Waals surface area contributed by atoms with Crippen LogP contribution in [-0.4, -0.2) is 24.3 Å². The highest BCUT2D eigenvalue weighted by molar-refractivity contribution is 6.31. The molecule has 0 spiro atoms. The minimum atomic E-state index is -0.636. The van der Waals surface area contributed by atoms with E-state index < -0.39 is 12.2 Å². The molecule has 3 aromatic carbocycles. The summed E-state index contributed by atoms with van der Waals surface area (Å²) in [4.78, 5) is 24.2. The number of amides is 1. The van der Waals surface area contributed by atoms with E-state index in [0.29, 0.717) is 34.1 Å². The molecule has 8 heteroatoms. The fourth-order valence-electron chi connectivity index (χ4n) is 3.97. The van der Waals surface area contributed by atoms with Crippen molar-refractivity contribution >= 4 is 29.4 Å². The molecule has 0 fully saturated rings. The Morgan fingerprint density at radius 3 is 2.46 bits per heavy atom. The molecule has 4 aromatic rings. The lowest BCUT2D eigenvalue weighted by Gasteiger charge is -2.15. The normalized spacial score (nSPS) is 11.6. The predicted molar refractivity (Wildman–Crippen MR) is 142 cm³/mol. The molecular formula is C29H27ClN2O5. The van der Waals surface area contributed by atoms with Gasteiger partial charge in [-0.25, -0.2) is 4.79 Å². The number of aryl methyl sites for hydroxylation is 1. The Bertz CT molecular complexity index is 1400. The lowest BCUT2D eigenvalue weighted by Crippen LogP contribution is -2.17. The quantitative estimate of drug-likeness (QED) is 0.255. The third-order valence-electron chi connectivity index (χ3n) is 5.91. The second kappa shape index (κ2) is 11.8. The number of ether oxygens (including phenoxy) is 2. The van der Waals surface area contributed by atoms with Gasteiger partial charge in [-0.05, 0) is 43.0 Å². The summed E-state index contributed by atoms with van der Waals surface area (Å²) in [6.07, 6.45) is -0.239. The van der Waals surface area contributed by atoms with Crippen molar-refractivity contribution in [3.05, 3.63) is 106 Å². The SMILES string of the molecule is COC(=O)Cc1cccc(Cc2ccc(-c3onc(C)c3NC(=O)OC(C)c3ccccc3Cl)cc2)c1. The molecule has 1 N–H and O–H groups in total. The standard InChI is InChI=1S/C29H27ClN2O5/c1-18-27(31-29(34)36-19(2)24-9-4-5-10-25(24)30)28(37-32-18)23-13-11-20(12-14-23)15-21-7-6-8-22(16-21)17-26(33)35-3/h4-14,16,19H,15,17H2,1-3H3,(H,31,34). The number of hydrogen-bond acceptors (Lipinski definition) is 6. The zero-order valence-electron chi connectivity index (χ0n) is 20.8. The third-order valence-corrected chi connectivity index (χ3v) is 6.25. The van der Waals surface area contributed by atoms with Crippen molar-refractivity contribution < 1.29 is 23.6 Å². The number of rotatable bonds is 8. The molecule has 0 aliphatic carbocycles. The van der Waals surface area contributed by atoms with E-state index in [9.17, 15) is 9.59 Å². The average Bonchev–Trinajstić information content (AvgIpc) is 3.24. The molecule has 4 rings (SSSR count). The van der Waals surface area contributed by atoms with Crippen molar-refractivity contribution in [1.29, 1.82) is 0 Å². The maximum absolute atomic E-state index is 12.6. The summed E-state index contributed by atoms with van der Waals surface area (Å²) in [5.41, 5.74) is 5.53. The van der Waals surface area contributed by atoms with Crippen molar-refractivity contribution in [2.75, 3.05) is 12.4 Å². The first kappa shape index (κ1) is 26.0. The van der Waals surface area contributed by atoms with E-state index in [1.54, 1.807) is 19.9 Å². The summed E-state index contributed by atoms with van der Waals surface area (Å²) in [6, 6.07) is 22.9. The van der Waals surface area contributed by atoms with E-state index in [4.69, 9.17) is 25.6 Å². The molecule has 37 heavy (non-hydrogen) atoms. The number of carbonyl (C=O) groups excluding carboxylic acids is 2. The molecule has 7 nitrogen and oxygen atoms in total. The first-order valence-electron chi connectivity index (χ1n) is 11.8. The number of methoxy groups -OCH3 is 1. The molecule has 1 unspecified atom stereocenters. The summed E-state index contributed by atoms with van der Waals surface area (Å²) in [6.45, 7) is 3.50. The Hall–Kier alpha value is -4.10. The van der Waals surface area contributed by atoms with Crippen LogP contribution in [0.1, 0.15) is 41.0 Å². The molecule has 0 aliphatic rings. The van der Waals surface area contributed by atoms with Gasteiger partial charge in [0.1, 0.15) is 17.5 Å². The first-order chi connectivity index (χ1) is 17.8. The highest BCUT2D eigenvalue weighted by Crippen LogP contribution is 2.32. The van der Waals surface area contributed by atoms with Crippen molar-refractivity contribution in [2.45, 2.75) is 32.8 Å². The molecule has 1 heterocycles. The number of anilines is 1. The van der Waals surface area contributed by atoms with Crippen LogP contribution in [0.2, 0.25) is 5.02 Å². The Morgan fingerprint density at radius 2 is 1.73 bits per heavy atom. The van der Waals surface area contributed by atoms with Crippen LogP contribution in [-0.2, 0) is 27.1 Å². The first-order valence-corrected chi connectivity index (χ1v) is 12.1. The third kappa shape index (κ3) is 6.57. The molecule has 0 bridgehead atoms. The number of carbonyl (C=O) groups is 2. The van der Waals surface area contributed by atoms with Gasteiger partial charge in [-0.3, -0.25) is 10.1 Å². The van der Waals surface area contributed by atoms with Gasteiger partial charge in [-0.15, -0.1) is 0 Å². The average molecular weight is 519 g/mol. The molecule has 1 amide bonds. The van der Waals surface area contributed by atoms with Crippen molar-refractivity contribution in [3.63, 3.8) is 0 Å². The van der Waals surface area contributed by atoms with Crippen molar-refractivity contribution in [2.24, 2.45) is 0 Å². The number of esters is 1. The van der Waals surface area contributed by atoms with Crippen LogP contribution in [0.25, 0.3) is 11.3 Å². The van der Waals surface area contributed by atoms with Crippen molar-refractivity contribution in [1.82, 2.24) is 5.16 Å². The van der Waals surface area contributed by atoms with Gasteiger partial charge in [0.2, 0.25) is 0 Å². The zero-order valence-corrected chi connectivity index (χ0v) is 21.5. The Morgan fingerprint density at radius 1 is 1.00 bits per heavy atom. The van der Waals surface area contributed by atoms with Crippen LogP contribution in [0.15, 0.2) is 77.3 Å². The smallest absolute Gasteiger partial charge is 0.412 e. The van der Waals surface area contributed by atoms with E-state index in [1.807, 2.05) is 66.7 Å². The van der Waals surface area contributed by atoms with E-state index in [1.165, 1.54) is 7.11 Å². The molecule has 0 aliphatic heterocycles. The minimum Gasteiger partial charge on any atom is -0.469 e. The molecule has 1 aromatic heterocycles. The summed E-state index contributed by atoms with van der Waals surface area (Å²) >= 11 is 6.22. The van der Waals surface area contributed by atoms with Gasteiger partial charge in [0.05, 0.1) is 13.5 Å². The lowest BCUT2D eigenvalue weighted by atomic mass is 10.00. The molecule has 1 atom stereocenters. The second-order valence-electron chi connectivity index (χ2n) is 8.61. The van der Waals surface area contributed by atoms with Gasteiger partial charge >= 0.3 is 12.1 Å². The fourth-order valence-corrected chi connectivity index (χ4v) is 4.26. The second-order valence-corrected chi connectivity index (χ2v) is 9.02. The number of hydrogen-bond donors (Lipinski definition) is 1. The highest BCUT2D eigenvalue weighted by atomic mass is 35.5. The molecular weight excluding hydrogens is 492 g/mol. The number of nitrogens with one attached hydrogen (secondary N) is 1. The Kier molecular flexibility index (Phi) is 8.25. The van der Waals surface area contributed by atoms with Crippen molar-refractivity contribution in [3.8, 4) is 11.3 Å². The topological polar surface area (TPSA) is 90.7 Å². The molecule has 0 saturated heterocycles. The molecule has 0 saturated carbocycles. The minimum absolute atomic E-state index is 0.240. The fraction of sp³-hybridized carbons (Fsp3) is 0.207. The van der Waals surface area contributed by atoms with Gasteiger partial charge < -0.3 is 14.0 Å². The van der Waals surface area contributed by atoms with Crippen LogP contribution in [0.5, 0.6) is 0 Å². The number of aromatic nitrogens is 1. The van der Waals surface area contributed by atoms with Gasteiger partial charge in [-0.2, -0.15) is 0 Å². The Labute approximate surface area is 220 Å². The summed E-state index contributed by atoms with van der Waals surface area (Å²) in [7, 11) is 1.38. The largest absolute Gasteiger partial charge is 0.469 e. The van der Waals surface area contributed by atoms with Crippen LogP contribution in [0.3, 0.4) is 0 Å².